The molecular formula is C20H36IN5O2S. The molecule has 0 amide bonds. The molecule has 2 rings (SSSR count). The molecule has 0 bridgehead atoms. The Bertz CT molecular complexity index is 702. The number of sulfonamides is 1. The van der Waals surface area contributed by atoms with Crippen LogP contribution in [0.25, 0.3) is 0 Å². The van der Waals surface area contributed by atoms with E-state index in [0.29, 0.717) is 6.54 Å². The zero-order valence-electron chi connectivity index (χ0n) is 17.6. The number of nitrogens with zero attached hydrogens (tertiary/aromatic N) is 2. The third-order valence-electron chi connectivity index (χ3n) is 5.02. The van der Waals surface area contributed by atoms with Gasteiger partial charge in [-0.05, 0) is 57.1 Å². The fourth-order valence-corrected chi connectivity index (χ4v) is 4.10. The van der Waals surface area contributed by atoms with Crippen LogP contribution >= 0.6 is 24.0 Å². The topological polar surface area (TPSA) is 85.8 Å². The molecule has 166 valence electrons. The van der Waals surface area contributed by atoms with E-state index in [4.69, 9.17) is 0 Å². The highest BCUT2D eigenvalue weighted by Gasteiger charge is 2.09. The molecule has 1 aliphatic rings. The molecule has 1 aliphatic heterocycles. The summed E-state index contributed by atoms with van der Waals surface area (Å²) in [6.07, 6.45) is 6.51. The lowest BCUT2D eigenvalue weighted by molar-refractivity contribution is 0.282. The average molecular weight is 538 g/mol. The van der Waals surface area contributed by atoms with Crippen molar-refractivity contribution in [1.29, 1.82) is 0 Å². The predicted molar refractivity (Wildman–Crippen MR) is 131 cm³/mol. The molecule has 0 atom stereocenters. The highest BCUT2D eigenvalue weighted by Crippen LogP contribution is 2.09. The zero-order chi connectivity index (χ0) is 20.2. The molecule has 1 heterocycles. The van der Waals surface area contributed by atoms with Crippen molar-refractivity contribution in [3.05, 3.63) is 35.4 Å². The number of nitrogens with one attached hydrogen (secondary N) is 3. The first kappa shape index (κ1) is 26.1. The molecule has 9 heteroatoms. The lowest BCUT2D eigenvalue weighted by atomic mass is 10.1. The summed E-state index contributed by atoms with van der Waals surface area (Å²) < 4.78 is 25.5. The van der Waals surface area contributed by atoms with Gasteiger partial charge in [0.05, 0.1) is 5.75 Å². The molecule has 29 heavy (non-hydrogen) atoms. The second-order valence-electron chi connectivity index (χ2n) is 7.24. The van der Waals surface area contributed by atoms with Gasteiger partial charge in [-0.2, -0.15) is 0 Å². The van der Waals surface area contributed by atoms with Crippen LogP contribution in [-0.2, 0) is 22.3 Å². The number of hydrogen-bond acceptors (Lipinski definition) is 4. The van der Waals surface area contributed by atoms with Crippen LogP contribution in [-0.4, -0.2) is 59.6 Å². The van der Waals surface area contributed by atoms with Crippen LogP contribution in [0.15, 0.2) is 29.3 Å². The van der Waals surface area contributed by atoms with Gasteiger partial charge < -0.3 is 15.5 Å². The summed E-state index contributed by atoms with van der Waals surface area (Å²) >= 11 is 0. The second kappa shape index (κ2) is 14.2. The Hall–Kier alpha value is -0.910. The van der Waals surface area contributed by atoms with Crippen molar-refractivity contribution in [2.75, 3.05) is 40.3 Å². The van der Waals surface area contributed by atoms with E-state index in [2.05, 4.69) is 25.2 Å². The quantitative estimate of drug-likeness (QED) is 0.195. The molecule has 1 saturated heterocycles. The van der Waals surface area contributed by atoms with Crippen molar-refractivity contribution in [3.63, 3.8) is 0 Å². The summed E-state index contributed by atoms with van der Waals surface area (Å²) in [5.41, 5.74) is 1.85. The summed E-state index contributed by atoms with van der Waals surface area (Å²) in [7, 11) is -0.0321. The van der Waals surface area contributed by atoms with Gasteiger partial charge in [-0.25, -0.2) is 13.1 Å². The molecule has 0 saturated carbocycles. The van der Waals surface area contributed by atoms with Crippen LogP contribution in [0.5, 0.6) is 0 Å². The summed E-state index contributed by atoms with van der Waals surface area (Å²) in [6.45, 7) is 5.15. The van der Waals surface area contributed by atoms with Gasteiger partial charge in [0.1, 0.15) is 0 Å². The number of rotatable bonds is 9. The predicted octanol–water partition coefficient (Wildman–Crippen LogP) is 2.28. The third-order valence-corrected chi connectivity index (χ3v) is 6.35. The van der Waals surface area contributed by atoms with Gasteiger partial charge in [0.15, 0.2) is 5.96 Å². The zero-order valence-corrected chi connectivity index (χ0v) is 20.8. The van der Waals surface area contributed by atoms with Gasteiger partial charge in [-0.3, -0.25) is 4.99 Å². The maximum Gasteiger partial charge on any atom is 0.215 e. The SMILES string of the molecule is CN=C(NCCCN1CCCCCC1)NCc1ccc(CS(=O)(=O)NC)cc1.I. The Kier molecular flexibility index (Phi) is 12.8. The molecule has 0 unspecified atom stereocenters. The Labute approximate surface area is 193 Å². The van der Waals surface area contributed by atoms with Gasteiger partial charge in [0, 0.05) is 20.1 Å². The van der Waals surface area contributed by atoms with Crippen molar-refractivity contribution < 1.29 is 8.42 Å². The molecule has 1 fully saturated rings. The van der Waals surface area contributed by atoms with Gasteiger partial charge in [-0.15, -0.1) is 24.0 Å². The van der Waals surface area contributed by atoms with Crippen LogP contribution in [0.2, 0.25) is 0 Å². The Balaban J connectivity index is 0.00000420. The second-order valence-corrected chi connectivity index (χ2v) is 9.17. The number of hydrogen-bond donors (Lipinski definition) is 3. The van der Waals surface area contributed by atoms with E-state index in [1.807, 2.05) is 24.3 Å². The lowest BCUT2D eigenvalue weighted by Crippen LogP contribution is -2.38. The van der Waals surface area contributed by atoms with Crippen LogP contribution in [0.4, 0.5) is 0 Å². The molecule has 3 N–H and O–H groups in total. The van der Waals surface area contributed by atoms with E-state index in [1.54, 1.807) is 7.05 Å². The molecule has 1 aromatic rings. The Morgan fingerprint density at radius 1 is 1.03 bits per heavy atom. The van der Waals surface area contributed by atoms with Gasteiger partial charge in [0.25, 0.3) is 0 Å². The minimum Gasteiger partial charge on any atom is -0.356 e. The number of guanidine groups is 1. The maximum absolute atomic E-state index is 11.6. The standard InChI is InChI=1S/C20H35N5O2S.HI/c1-21-20(23-12-7-15-25-13-5-3-4-6-14-25)24-16-18-8-10-19(11-9-18)17-28(26,27)22-2;/h8-11,22H,3-7,12-17H2,1-2H3,(H2,21,23,24);1H. The van der Waals surface area contributed by atoms with Crippen LogP contribution in [0, 0.1) is 0 Å². The van der Waals surface area contributed by atoms with Crippen molar-refractivity contribution in [2.45, 2.75) is 44.4 Å². The first-order valence-electron chi connectivity index (χ1n) is 10.2. The molecule has 7 nitrogen and oxygen atoms in total. The van der Waals surface area contributed by atoms with E-state index in [1.165, 1.54) is 45.8 Å². The number of halogens is 1. The summed E-state index contributed by atoms with van der Waals surface area (Å²) in [4.78, 5) is 6.84. The highest BCUT2D eigenvalue weighted by molar-refractivity contribution is 14.0. The minimum absolute atomic E-state index is 0. The van der Waals surface area contributed by atoms with Crippen molar-refractivity contribution >= 4 is 40.0 Å². The minimum atomic E-state index is -3.24. The number of aliphatic imine (C=N–C) groups is 1. The molecule has 0 aromatic heterocycles. The summed E-state index contributed by atoms with van der Waals surface area (Å²) in [6, 6.07) is 7.59. The van der Waals surface area contributed by atoms with Crippen molar-refractivity contribution in [2.24, 2.45) is 4.99 Å². The normalized spacial score (nSPS) is 16.0. The third kappa shape index (κ3) is 10.6. The first-order valence-corrected chi connectivity index (χ1v) is 11.8. The van der Waals surface area contributed by atoms with Crippen LogP contribution in [0.3, 0.4) is 0 Å². The van der Waals surface area contributed by atoms with Crippen LogP contribution in [0.1, 0.15) is 43.2 Å². The fraction of sp³-hybridized carbons (Fsp3) is 0.650. The first-order chi connectivity index (χ1) is 13.5. The van der Waals surface area contributed by atoms with E-state index in [-0.39, 0.29) is 29.7 Å². The summed E-state index contributed by atoms with van der Waals surface area (Å²) in [5.74, 6) is 0.787. The Morgan fingerprint density at radius 2 is 1.66 bits per heavy atom. The van der Waals surface area contributed by atoms with E-state index >= 15 is 0 Å². The van der Waals surface area contributed by atoms with E-state index < -0.39 is 10.0 Å². The molecule has 0 aliphatic carbocycles. The van der Waals surface area contributed by atoms with Crippen LogP contribution < -0.4 is 15.4 Å². The smallest absolute Gasteiger partial charge is 0.215 e. The maximum atomic E-state index is 11.6. The van der Waals surface area contributed by atoms with Gasteiger partial charge >= 0.3 is 0 Å². The summed E-state index contributed by atoms with van der Waals surface area (Å²) in [5, 5.41) is 6.68. The van der Waals surface area contributed by atoms with E-state index in [0.717, 1.165) is 36.6 Å². The highest BCUT2D eigenvalue weighted by atomic mass is 127. The van der Waals surface area contributed by atoms with Gasteiger partial charge in [0.2, 0.25) is 10.0 Å². The van der Waals surface area contributed by atoms with Crippen molar-refractivity contribution in [3.8, 4) is 0 Å². The molecule has 0 radical (unpaired) electrons. The molecule has 0 spiro atoms. The fourth-order valence-electron chi connectivity index (χ4n) is 3.32. The van der Waals surface area contributed by atoms with Gasteiger partial charge in [-0.1, -0.05) is 37.1 Å². The average Bonchev–Trinajstić information content (AvgIpc) is 2.97. The monoisotopic (exact) mass is 537 g/mol. The largest absolute Gasteiger partial charge is 0.356 e. The Morgan fingerprint density at radius 3 is 2.24 bits per heavy atom. The number of benzene rings is 1. The van der Waals surface area contributed by atoms with Crippen molar-refractivity contribution in [1.82, 2.24) is 20.3 Å². The number of likely N-dealkylation sites (tertiary alicyclic amines) is 1. The van der Waals surface area contributed by atoms with E-state index in [9.17, 15) is 8.42 Å². The molecule has 1 aromatic carbocycles. The molecular weight excluding hydrogens is 501 g/mol. The lowest BCUT2D eigenvalue weighted by Gasteiger charge is -2.20.